The second-order valence-electron chi connectivity index (χ2n) is 5.99. The van der Waals surface area contributed by atoms with Crippen molar-refractivity contribution in [1.29, 1.82) is 0 Å². The molecule has 104 valence electrons. The number of piperidine rings is 1. The first kappa shape index (κ1) is 13.1. The molecule has 0 amide bonds. The van der Waals surface area contributed by atoms with Crippen LogP contribution < -0.4 is 0 Å². The molecule has 2 heterocycles. The number of ether oxygens (including phenoxy) is 1. The highest BCUT2D eigenvalue weighted by Crippen LogP contribution is 2.43. The maximum Gasteiger partial charge on any atom is 0.0963 e. The van der Waals surface area contributed by atoms with E-state index in [-0.39, 0.29) is 5.60 Å². The molecule has 2 nitrogen and oxygen atoms in total. The van der Waals surface area contributed by atoms with Crippen LogP contribution in [-0.4, -0.2) is 24.5 Å². The Morgan fingerprint density at radius 2 is 1.95 bits per heavy atom. The SMILES string of the molecule is CCCCCN1CCC2(CC1)OCc1ccccc12. The Labute approximate surface area is 116 Å². The highest BCUT2D eigenvalue weighted by molar-refractivity contribution is 5.35. The van der Waals surface area contributed by atoms with Gasteiger partial charge in [0.25, 0.3) is 0 Å². The average Bonchev–Trinajstić information content (AvgIpc) is 2.81. The van der Waals surface area contributed by atoms with E-state index in [4.69, 9.17) is 4.74 Å². The highest BCUT2D eigenvalue weighted by Gasteiger charge is 2.42. The van der Waals surface area contributed by atoms with Gasteiger partial charge < -0.3 is 9.64 Å². The van der Waals surface area contributed by atoms with Crippen LogP contribution in [0.15, 0.2) is 24.3 Å². The Morgan fingerprint density at radius 1 is 1.16 bits per heavy atom. The fourth-order valence-corrected chi connectivity index (χ4v) is 3.52. The van der Waals surface area contributed by atoms with E-state index in [1.54, 1.807) is 0 Å². The summed E-state index contributed by atoms with van der Waals surface area (Å²) in [5.74, 6) is 0. The highest BCUT2D eigenvalue weighted by atomic mass is 16.5. The third-order valence-electron chi connectivity index (χ3n) is 4.75. The minimum Gasteiger partial charge on any atom is -0.365 e. The van der Waals surface area contributed by atoms with Gasteiger partial charge in [0.15, 0.2) is 0 Å². The number of nitrogens with zero attached hydrogens (tertiary/aromatic N) is 1. The lowest BCUT2D eigenvalue weighted by atomic mass is 9.84. The maximum absolute atomic E-state index is 6.20. The zero-order valence-corrected chi connectivity index (χ0v) is 12.0. The monoisotopic (exact) mass is 259 g/mol. The smallest absolute Gasteiger partial charge is 0.0963 e. The number of rotatable bonds is 4. The Balaban J connectivity index is 1.61. The quantitative estimate of drug-likeness (QED) is 0.765. The first-order valence-corrected chi connectivity index (χ1v) is 7.79. The lowest BCUT2D eigenvalue weighted by molar-refractivity contribution is -0.0788. The fraction of sp³-hybridized carbons (Fsp3) is 0.647. The number of likely N-dealkylation sites (tertiary alicyclic amines) is 1. The molecule has 1 fully saturated rings. The van der Waals surface area contributed by atoms with Crippen LogP contribution in [0, 0.1) is 0 Å². The molecule has 0 N–H and O–H groups in total. The number of benzene rings is 1. The molecule has 2 heteroatoms. The third-order valence-corrected chi connectivity index (χ3v) is 4.75. The Hall–Kier alpha value is -0.860. The van der Waals surface area contributed by atoms with Crippen LogP contribution in [-0.2, 0) is 16.9 Å². The first-order valence-electron chi connectivity index (χ1n) is 7.79. The van der Waals surface area contributed by atoms with Gasteiger partial charge in [0.05, 0.1) is 12.2 Å². The van der Waals surface area contributed by atoms with Crippen molar-refractivity contribution >= 4 is 0 Å². The molecule has 2 aliphatic rings. The van der Waals surface area contributed by atoms with Crippen LogP contribution >= 0.6 is 0 Å². The molecular weight excluding hydrogens is 234 g/mol. The Bertz CT molecular complexity index is 421. The molecule has 0 radical (unpaired) electrons. The van der Waals surface area contributed by atoms with Gasteiger partial charge in [-0.05, 0) is 36.9 Å². The Morgan fingerprint density at radius 3 is 2.74 bits per heavy atom. The predicted octanol–water partition coefficient (Wildman–Crippen LogP) is 3.70. The van der Waals surface area contributed by atoms with Crippen LogP contribution in [0.1, 0.15) is 50.2 Å². The number of hydrogen-bond acceptors (Lipinski definition) is 2. The zero-order valence-electron chi connectivity index (χ0n) is 12.0. The van der Waals surface area contributed by atoms with E-state index in [2.05, 4.69) is 36.1 Å². The molecule has 0 unspecified atom stereocenters. The van der Waals surface area contributed by atoms with Crippen molar-refractivity contribution in [3.05, 3.63) is 35.4 Å². The van der Waals surface area contributed by atoms with Crippen molar-refractivity contribution in [2.24, 2.45) is 0 Å². The maximum atomic E-state index is 6.20. The summed E-state index contributed by atoms with van der Waals surface area (Å²) in [6.07, 6.45) is 6.35. The Kier molecular flexibility index (Phi) is 3.90. The van der Waals surface area contributed by atoms with Crippen molar-refractivity contribution in [1.82, 2.24) is 4.90 Å². The lowest BCUT2D eigenvalue weighted by Gasteiger charge is -2.39. The van der Waals surface area contributed by atoms with E-state index >= 15 is 0 Å². The van der Waals surface area contributed by atoms with E-state index in [1.165, 1.54) is 50.0 Å². The fourth-order valence-electron chi connectivity index (χ4n) is 3.52. The summed E-state index contributed by atoms with van der Waals surface area (Å²) in [4.78, 5) is 2.62. The number of hydrogen-bond donors (Lipinski definition) is 0. The second-order valence-corrected chi connectivity index (χ2v) is 5.99. The van der Waals surface area contributed by atoms with Crippen LogP contribution in [0.2, 0.25) is 0 Å². The molecule has 0 atom stereocenters. The largest absolute Gasteiger partial charge is 0.365 e. The van der Waals surface area contributed by atoms with E-state index in [0.717, 1.165) is 19.4 Å². The van der Waals surface area contributed by atoms with Crippen molar-refractivity contribution in [3.63, 3.8) is 0 Å². The first-order chi connectivity index (χ1) is 9.34. The van der Waals surface area contributed by atoms with Crippen molar-refractivity contribution < 1.29 is 4.74 Å². The summed E-state index contributed by atoms with van der Waals surface area (Å²) >= 11 is 0. The van der Waals surface area contributed by atoms with Gasteiger partial charge in [0.1, 0.15) is 0 Å². The predicted molar refractivity (Wildman–Crippen MR) is 78.1 cm³/mol. The van der Waals surface area contributed by atoms with E-state index in [0.29, 0.717) is 0 Å². The molecule has 0 aromatic heterocycles. The number of unbranched alkanes of at least 4 members (excludes halogenated alkanes) is 2. The summed E-state index contributed by atoms with van der Waals surface area (Å²) in [6.45, 7) is 6.74. The van der Waals surface area contributed by atoms with E-state index in [9.17, 15) is 0 Å². The van der Waals surface area contributed by atoms with Crippen LogP contribution in [0.25, 0.3) is 0 Å². The molecule has 0 saturated carbocycles. The van der Waals surface area contributed by atoms with Gasteiger partial charge in [-0.1, -0.05) is 44.0 Å². The lowest BCUT2D eigenvalue weighted by Crippen LogP contribution is -2.42. The minimum absolute atomic E-state index is 0.0395. The molecule has 2 aliphatic heterocycles. The van der Waals surface area contributed by atoms with Gasteiger partial charge in [-0.15, -0.1) is 0 Å². The van der Waals surface area contributed by atoms with Crippen molar-refractivity contribution in [2.45, 2.75) is 51.2 Å². The van der Waals surface area contributed by atoms with Crippen LogP contribution in [0.5, 0.6) is 0 Å². The van der Waals surface area contributed by atoms with E-state index < -0.39 is 0 Å². The molecule has 1 saturated heterocycles. The molecule has 0 bridgehead atoms. The molecular formula is C17H25NO. The van der Waals surface area contributed by atoms with Gasteiger partial charge in [0, 0.05) is 13.1 Å². The van der Waals surface area contributed by atoms with Crippen molar-refractivity contribution in [3.8, 4) is 0 Å². The molecule has 1 spiro atoms. The third kappa shape index (κ3) is 2.56. The summed E-state index contributed by atoms with van der Waals surface area (Å²) < 4.78 is 6.20. The topological polar surface area (TPSA) is 12.5 Å². The summed E-state index contributed by atoms with van der Waals surface area (Å²) in [7, 11) is 0. The molecule has 1 aromatic rings. The molecule has 19 heavy (non-hydrogen) atoms. The zero-order chi connectivity index (χ0) is 13.1. The summed E-state index contributed by atoms with van der Waals surface area (Å²) in [5.41, 5.74) is 2.91. The normalized spacial score (nSPS) is 21.7. The molecule has 3 rings (SSSR count). The van der Waals surface area contributed by atoms with Crippen LogP contribution in [0.4, 0.5) is 0 Å². The minimum atomic E-state index is 0.0395. The standard InChI is InChI=1S/C17H25NO/c1-2-3-6-11-18-12-9-17(10-13-18)16-8-5-4-7-15(16)14-19-17/h4-5,7-8H,2-3,6,9-14H2,1H3. The molecule has 0 aliphatic carbocycles. The second kappa shape index (κ2) is 5.64. The van der Waals surface area contributed by atoms with E-state index in [1.807, 2.05) is 0 Å². The molecule has 1 aromatic carbocycles. The van der Waals surface area contributed by atoms with Crippen molar-refractivity contribution in [2.75, 3.05) is 19.6 Å². The summed E-state index contributed by atoms with van der Waals surface area (Å²) in [6, 6.07) is 8.77. The average molecular weight is 259 g/mol. The van der Waals surface area contributed by atoms with Gasteiger partial charge >= 0.3 is 0 Å². The van der Waals surface area contributed by atoms with Gasteiger partial charge in [-0.25, -0.2) is 0 Å². The van der Waals surface area contributed by atoms with Crippen LogP contribution in [0.3, 0.4) is 0 Å². The van der Waals surface area contributed by atoms with Gasteiger partial charge in [0.2, 0.25) is 0 Å². The number of fused-ring (bicyclic) bond motifs is 2. The van der Waals surface area contributed by atoms with Gasteiger partial charge in [-0.2, -0.15) is 0 Å². The summed E-state index contributed by atoms with van der Waals surface area (Å²) in [5, 5.41) is 0. The van der Waals surface area contributed by atoms with Gasteiger partial charge in [-0.3, -0.25) is 0 Å².